The van der Waals surface area contributed by atoms with Crippen LogP contribution in [-0.2, 0) is 11.2 Å². The van der Waals surface area contributed by atoms with Crippen molar-refractivity contribution >= 4 is 17.7 Å². The number of aliphatic carboxylic acids is 1. The Balaban J connectivity index is 1.88. The van der Waals surface area contributed by atoms with Gasteiger partial charge < -0.3 is 10.4 Å². The van der Waals surface area contributed by atoms with Crippen molar-refractivity contribution in [3.63, 3.8) is 0 Å². The molecule has 2 N–H and O–H groups in total. The Kier molecular flexibility index (Phi) is 5.49. The molecule has 0 bridgehead atoms. The average molecular weight is 293 g/mol. The fraction of sp³-hybridized carbons (Fsp3) is 0.562. The van der Waals surface area contributed by atoms with Gasteiger partial charge in [0.1, 0.15) is 0 Å². The van der Waals surface area contributed by atoms with Gasteiger partial charge in [-0.15, -0.1) is 0 Å². The highest BCUT2D eigenvalue weighted by atomic mass is 32.2. The lowest BCUT2D eigenvalue weighted by atomic mass is 10.0. The van der Waals surface area contributed by atoms with Gasteiger partial charge >= 0.3 is 5.97 Å². The van der Waals surface area contributed by atoms with Crippen molar-refractivity contribution in [2.24, 2.45) is 0 Å². The third-order valence-corrected chi connectivity index (χ3v) is 5.40. The summed E-state index contributed by atoms with van der Waals surface area (Å²) in [5, 5.41) is 12.5. The summed E-state index contributed by atoms with van der Waals surface area (Å²) in [5.74, 6) is -0.712. The topological polar surface area (TPSA) is 49.3 Å². The number of nitrogens with one attached hydrogen (secondary N) is 1. The van der Waals surface area contributed by atoms with E-state index in [0.29, 0.717) is 11.2 Å². The summed E-state index contributed by atoms with van der Waals surface area (Å²) in [6.45, 7) is 0.991. The molecular formula is C16H23NO2S. The minimum atomic E-state index is -0.712. The van der Waals surface area contributed by atoms with Crippen LogP contribution in [-0.4, -0.2) is 34.7 Å². The van der Waals surface area contributed by atoms with Crippen LogP contribution in [0.4, 0.5) is 0 Å². The lowest BCUT2D eigenvalue weighted by Crippen LogP contribution is -2.37. The van der Waals surface area contributed by atoms with Crippen molar-refractivity contribution in [3.8, 4) is 0 Å². The Morgan fingerprint density at radius 1 is 1.40 bits per heavy atom. The van der Waals surface area contributed by atoms with Crippen LogP contribution in [0.5, 0.6) is 0 Å². The molecule has 0 radical (unpaired) electrons. The van der Waals surface area contributed by atoms with E-state index >= 15 is 0 Å². The zero-order valence-corrected chi connectivity index (χ0v) is 12.8. The van der Waals surface area contributed by atoms with Gasteiger partial charge in [0, 0.05) is 23.8 Å². The smallest absolute Gasteiger partial charge is 0.303 e. The maximum atomic E-state index is 10.8. The van der Waals surface area contributed by atoms with E-state index in [1.807, 2.05) is 30.0 Å². The summed E-state index contributed by atoms with van der Waals surface area (Å²) >= 11 is 1.93. The predicted octanol–water partition coefficient (Wildman–Crippen LogP) is 2.95. The molecular weight excluding hydrogens is 270 g/mol. The van der Waals surface area contributed by atoms with Crippen molar-refractivity contribution in [1.29, 1.82) is 0 Å². The summed E-state index contributed by atoms with van der Waals surface area (Å²) in [5.41, 5.74) is 1.27. The summed E-state index contributed by atoms with van der Waals surface area (Å²) < 4.78 is 0.415. The van der Waals surface area contributed by atoms with Crippen LogP contribution in [0.3, 0.4) is 0 Å². The molecule has 0 heterocycles. The monoisotopic (exact) mass is 293 g/mol. The normalized spacial score (nSPS) is 17.6. The van der Waals surface area contributed by atoms with E-state index in [2.05, 4.69) is 23.7 Å². The van der Waals surface area contributed by atoms with Gasteiger partial charge in [-0.3, -0.25) is 4.79 Å². The molecule has 2 rings (SSSR count). The highest BCUT2D eigenvalue weighted by Gasteiger charge is 2.41. The molecule has 20 heavy (non-hydrogen) atoms. The fourth-order valence-electron chi connectivity index (χ4n) is 2.40. The largest absolute Gasteiger partial charge is 0.481 e. The van der Waals surface area contributed by atoms with E-state index in [1.54, 1.807) is 0 Å². The van der Waals surface area contributed by atoms with E-state index < -0.39 is 5.97 Å². The summed E-state index contributed by atoms with van der Waals surface area (Å²) in [6.07, 6.45) is 6.54. The first kappa shape index (κ1) is 15.4. The maximum Gasteiger partial charge on any atom is 0.303 e. The summed E-state index contributed by atoms with van der Waals surface area (Å²) in [7, 11) is 0. The maximum absolute atomic E-state index is 10.8. The van der Waals surface area contributed by atoms with Crippen LogP contribution in [0.2, 0.25) is 0 Å². The molecule has 1 atom stereocenters. The Morgan fingerprint density at radius 2 is 2.10 bits per heavy atom. The van der Waals surface area contributed by atoms with E-state index in [9.17, 15) is 4.79 Å². The van der Waals surface area contributed by atoms with Crippen molar-refractivity contribution in [2.45, 2.75) is 42.9 Å². The Labute approximate surface area is 125 Å². The highest BCUT2D eigenvalue weighted by Crippen LogP contribution is 2.46. The van der Waals surface area contributed by atoms with E-state index in [1.165, 1.54) is 18.4 Å². The van der Waals surface area contributed by atoms with Gasteiger partial charge in [-0.25, -0.2) is 0 Å². The van der Waals surface area contributed by atoms with Gasteiger partial charge in [-0.1, -0.05) is 30.3 Å². The molecule has 3 nitrogen and oxygen atoms in total. The predicted molar refractivity (Wildman–Crippen MR) is 84.3 cm³/mol. The summed E-state index contributed by atoms with van der Waals surface area (Å²) in [6, 6.07) is 10.5. The van der Waals surface area contributed by atoms with Crippen molar-refractivity contribution in [3.05, 3.63) is 35.9 Å². The third-order valence-electron chi connectivity index (χ3n) is 3.99. The van der Waals surface area contributed by atoms with Crippen LogP contribution >= 0.6 is 11.8 Å². The number of carboxylic acid groups (broad SMARTS) is 1. The van der Waals surface area contributed by atoms with Crippen LogP contribution in [0, 0.1) is 0 Å². The van der Waals surface area contributed by atoms with Gasteiger partial charge in [0.2, 0.25) is 0 Å². The van der Waals surface area contributed by atoms with E-state index in [-0.39, 0.29) is 12.5 Å². The van der Waals surface area contributed by atoms with Gasteiger partial charge in [-0.05, 0) is 37.5 Å². The minimum Gasteiger partial charge on any atom is -0.481 e. The van der Waals surface area contributed by atoms with E-state index in [4.69, 9.17) is 5.11 Å². The second kappa shape index (κ2) is 7.14. The number of carbonyl (C=O) groups is 1. The Hall–Kier alpha value is -1.00. The molecule has 0 aromatic heterocycles. The van der Waals surface area contributed by atoms with Crippen LogP contribution in [0.25, 0.3) is 0 Å². The fourth-order valence-corrected chi connectivity index (χ4v) is 3.13. The number of thioether (sulfide) groups is 1. The number of carboxylic acids is 1. The molecule has 1 unspecified atom stereocenters. The quantitative estimate of drug-likeness (QED) is 0.735. The number of benzene rings is 1. The number of hydrogen-bond acceptors (Lipinski definition) is 3. The standard InChI is InChI=1S/C16H23NO2S/c1-20-16(9-10-16)12-17-14(7-8-15(18)19)11-13-5-3-2-4-6-13/h2-6,14,17H,7-12H2,1H3,(H,18,19). The molecule has 1 saturated carbocycles. The molecule has 0 amide bonds. The van der Waals surface area contributed by atoms with Gasteiger partial charge in [0.15, 0.2) is 0 Å². The zero-order valence-electron chi connectivity index (χ0n) is 12.0. The molecule has 1 aliphatic carbocycles. The SMILES string of the molecule is CSC1(CNC(CCC(=O)O)Cc2ccccc2)CC1. The average Bonchev–Trinajstić information content (AvgIpc) is 3.23. The van der Waals surface area contributed by atoms with Gasteiger partial charge in [-0.2, -0.15) is 11.8 Å². The Morgan fingerprint density at radius 3 is 2.65 bits per heavy atom. The van der Waals surface area contributed by atoms with E-state index in [0.717, 1.165) is 13.0 Å². The van der Waals surface area contributed by atoms with Crippen molar-refractivity contribution in [1.82, 2.24) is 5.32 Å². The zero-order chi connectivity index (χ0) is 14.4. The second-order valence-electron chi connectivity index (χ2n) is 5.59. The molecule has 1 aromatic carbocycles. The molecule has 1 aliphatic rings. The second-order valence-corrected chi connectivity index (χ2v) is 6.86. The van der Waals surface area contributed by atoms with Gasteiger partial charge in [0.05, 0.1) is 0 Å². The summed E-state index contributed by atoms with van der Waals surface area (Å²) in [4.78, 5) is 10.8. The molecule has 110 valence electrons. The first-order chi connectivity index (χ1) is 9.63. The molecule has 1 aromatic rings. The molecule has 1 fully saturated rings. The minimum absolute atomic E-state index is 0.233. The lowest BCUT2D eigenvalue weighted by Gasteiger charge is -2.21. The number of hydrogen-bond donors (Lipinski definition) is 2. The van der Waals surface area contributed by atoms with Crippen LogP contribution in [0.15, 0.2) is 30.3 Å². The van der Waals surface area contributed by atoms with Gasteiger partial charge in [0.25, 0.3) is 0 Å². The van der Waals surface area contributed by atoms with Crippen LogP contribution in [0.1, 0.15) is 31.2 Å². The first-order valence-corrected chi connectivity index (χ1v) is 8.40. The van der Waals surface area contributed by atoms with Crippen molar-refractivity contribution < 1.29 is 9.90 Å². The molecule has 0 spiro atoms. The third kappa shape index (κ3) is 4.84. The van der Waals surface area contributed by atoms with Crippen molar-refractivity contribution in [2.75, 3.05) is 12.8 Å². The molecule has 0 aliphatic heterocycles. The Bertz CT molecular complexity index is 431. The number of rotatable bonds is 9. The lowest BCUT2D eigenvalue weighted by molar-refractivity contribution is -0.137. The first-order valence-electron chi connectivity index (χ1n) is 7.18. The molecule has 4 heteroatoms. The highest BCUT2D eigenvalue weighted by molar-refractivity contribution is 8.00. The van der Waals surface area contributed by atoms with Crippen LogP contribution < -0.4 is 5.32 Å². The molecule has 0 saturated heterocycles.